The van der Waals surface area contributed by atoms with Gasteiger partial charge in [-0.1, -0.05) is 41.9 Å². The first kappa shape index (κ1) is 12.3. The van der Waals surface area contributed by atoms with Crippen LogP contribution in [0.15, 0.2) is 42.5 Å². The van der Waals surface area contributed by atoms with Gasteiger partial charge in [0.2, 0.25) is 0 Å². The van der Waals surface area contributed by atoms with Gasteiger partial charge in [0.1, 0.15) is 11.0 Å². The maximum absolute atomic E-state index is 6.00. The van der Waals surface area contributed by atoms with Crippen molar-refractivity contribution in [2.45, 2.75) is 25.4 Å². The molecule has 98 valence electrons. The summed E-state index contributed by atoms with van der Waals surface area (Å²) in [4.78, 5) is 6.69. The van der Waals surface area contributed by atoms with Crippen LogP contribution in [0.3, 0.4) is 0 Å². The standard InChI is InChI=1S/C15H16ClN3/c16-14-8-12(17)9-15(18-14)19(13-6-7-13)10-11-4-2-1-3-5-11/h1-5,8-9,13H,6-7,10H2,(H2,17,18). The summed E-state index contributed by atoms with van der Waals surface area (Å²) in [5.74, 6) is 0.872. The van der Waals surface area contributed by atoms with E-state index in [2.05, 4.69) is 34.1 Å². The van der Waals surface area contributed by atoms with E-state index in [4.69, 9.17) is 17.3 Å². The van der Waals surface area contributed by atoms with Crippen molar-refractivity contribution >= 4 is 23.1 Å². The third-order valence-electron chi connectivity index (χ3n) is 3.28. The van der Waals surface area contributed by atoms with E-state index >= 15 is 0 Å². The molecule has 1 aromatic heterocycles. The van der Waals surface area contributed by atoms with E-state index in [-0.39, 0.29) is 0 Å². The van der Waals surface area contributed by atoms with Gasteiger partial charge in [-0.2, -0.15) is 0 Å². The minimum Gasteiger partial charge on any atom is -0.399 e. The zero-order valence-electron chi connectivity index (χ0n) is 10.6. The van der Waals surface area contributed by atoms with Crippen LogP contribution in [-0.2, 0) is 6.54 Å². The van der Waals surface area contributed by atoms with Crippen molar-refractivity contribution < 1.29 is 0 Å². The zero-order chi connectivity index (χ0) is 13.2. The molecule has 1 aliphatic carbocycles. The Morgan fingerprint density at radius 1 is 1.21 bits per heavy atom. The Balaban J connectivity index is 1.88. The topological polar surface area (TPSA) is 42.1 Å². The summed E-state index contributed by atoms with van der Waals surface area (Å²) >= 11 is 6.00. The first-order chi connectivity index (χ1) is 9.22. The highest BCUT2D eigenvalue weighted by Crippen LogP contribution is 2.33. The zero-order valence-corrected chi connectivity index (χ0v) is 11.3. The Morgan fingerprint density at radius 2 is 1.95 bits per heavy atom. The lowest BCUT2D eigenvalue weighted by molar-refractivity contribution is 0.779. The largest absolute Gasteiger partial charge is 0.399 e. The number of nitrogen functional groups attached to an aromatic ring is 1. The van der Waals surface area contributed by atoms with E-state index in [1.165, 1.54) is 18.4 Å². The number of halogens is 1. The van der Waals surface area contributed by atoms with E-state index in [1.807, 2.05) is 12.1 Å². The maximum Gasteiger partial charge on any atom is 0.133 e. The number of hydrogen-bond acceptors (Lipinski definition) is 3. The number of nitrogens with zero attached hydrogens (tertiary/aromatic N) is 2. The summed E-state index contributed by atoms with van der Waals surface area (Å²) in [6.07, 6.45) is 2.42. The molecule has 1 fully saturated rings. The number of rotatable bonds is 4. The van der Waals surface area contributed by atoms with Gasteiger partial charge in [-0.15, -0.1) is 0 Å². The Labute approximate surface area is 118 Å². The SMILES string of the molecule is Nc1cc(Cl)nc(N(Cc2ccccc2)C2CC2)c1. The molecule has 1 aromatic carbocycles. The van der Waals surface area contributed by atoms with Gasteiger partial charge in [0, 0.05) is 24.3 Å². The quantitative estimate of drug-likeness (QED) is 0.867. The molecule has 0 amide bonds. The highest BCUT2D eigenvalue weighted by Gasteiger charge is 2.30. The van der Waals surface area contributed by atoms with Gasteiger partial charge in [-0.05, 0) is 24.5 Å². The van der Waals surface area contributed by atoms with Gasteiger partial charge in [0.25, 0.3) is 0 Å². The van der Waals surface area contributed by atoms with Crippen LogP contribution in [0.4, 0.5) is 11.5 Å². The summed E-state index contributed by atoms with van der Waals surface area (Å²) in [5.41, 5.74) is 7.79. The second-order valence-corrected chi connectivity index (χ2v) is 5.31. The van der Waals surface area contributed by atoms with E-state index in [1.54, 1.807) is 6.07 Å². The third-order valence-corrected chi connectivity index (χ3v) is 3.47. The van der Waals surface area contributed by atoms with Crippen molar-refractivity contribution in [2.24, 2.45) is 0 Å². The highest BCUT2D eigenvalue weighted by molar-refractivity contribution is 6.29. The van der Waals surface area contributed by atoms with E-state index in [0.29, 0.717) is 16.9 Å². The number of benzene rings is 1. The molecule has 4 heteroatoms. The molecular weight excluding hydrogens is 258 g/mol. The van der Waals surface area contributed by atoms with Crippen molar-refractivity contribution in [1.29, 1.82) is 0 Å². The molecular formula is C15H16ClN3. The van der Waals surface area contributed by atoms with Crippen LogP contribution < -0.4 is 10.6 Å². The number of hydrogen-bond donors (Lipinski definition) is 1. The van der Waals surface area contributed by atoms with Crippen molar-refractivity contribution in [2.75, 3.05) is 10.6 Å². The Bertz CT molecular complexity index is 547. The van der Waals surface area contributed by atoms with Crippen LogP contribution >= 0.6 is 11.6 Å². The van der Waals surface area contributed by atoms with Gasteiger partial charge in [0.15, 0.2) is 0 Å². The smallest absolute Gasteiger partial charge is 0.133 e. The third kappa shape index (κ3) is 2.99. The highest BCUT2D eigenvalue weighted by atomic mass is 35.5. The van der Waals surface area contributed by atoms with Crippen LogP contribution in [0, 0.1) is 0 Å². The average molecular weight is 274 g/mol. The molecule has 2 aromatic rings. The molecule has 1 saturated carbocycles. The Kier molecular flexibility index (Phi) is 3.30. The van der Waals surface area contributed by atoms with E-state index < -0.39 is 0 Å². The predicted octanol–water partition coefficient (Wildman–Crippen LogP) is 3.49. The van der Waals surface area contributed by atoms with Crippen LogP contribution in [0.25, 0.3) is 0 Å². The van der Waals surface area contributed by atoms with Gasteiger partial charge in [-0.25, -0.2) is 4.98 Å². The maximum atomic E-state index is 6.00. The average Bonchev–Trinajstić information content (AvgIpc) is 3.20. The van der Waals surface area contributed by atoms with Crippen molar-refractivity contribution in [3.8, 4) is 0 Å². The van der Waals surface area contributed by atoms with Gasteiger partial charge >= 0.3 is 0 Å². The van der Waals surface area contributed by atoms with Gasteiger partial charge in [-0.3, -0.25) is 0 Å². The van der Waals surface area contributed by atoms with Crippen molar-refractivity contribution in [3.63, 3.8) is 0 Å². The first-order valence-corrected chi connectivity index (χ1v) is 6.84. The van der Waals surface area contributed by atoms with Crippen LogP contribution in [0.1, 0.15) is 18.4 Å². The number of aromatic nitrogens is 1. The van der Waals surface area contributed by atoms with Crippen LogP contribution in [0.2, 0.25) is 5.15 Å². The molecule has 1 heterocycles. The summed E-state index contributed by atoms with van der Waals surface area (Å²) in [7, 11) is 0. The normalized spacial score (nSPS) is 14.4. The lowest BCUT2D eigenvalue weighted by Crippen LogP contribution is -2.26. The minimum atomic E-state index is 0.453. The molecule has 0 unspecified atom stereocenters. The number of nitrogens with two attached hydrogens (primary N) is 1. The molecule has 0 saturated heterocycles. The summed E-state index contributed by atoms with van der Waals surface area (Å²) in [6.45, 7) is 0.846. The van der Waals surface area contributed by atoms with Gasteiger partial charge in [0.05, 0.1) is 0 Å². The fourth-order valence-electron chi connectivity index (χ4n) is 2.21. The minimum absolute atomic E-state index is 0.453. The van der Waals surface area contributed by atoms with Gasteiger partial charge < -0.3 is 10.6 Å². The molecule has 3 rings (SSSR count). The molecule has 0 bridgehead atoms. The molecule has 0 atom stereocenters. The molecule has 1 aliphatic rings. The van der Waals surface area contributed by atoms with Crippen LogP contribution in [-0.4, -0.2) is 11.0 Å². The number of anilines is 2. The molecule has 0 spiro atoms. The monoisotopic (exact) mass is 273 g/mol. The fourth-order valence-corrected chi connectivity index (χ4v) is 2.43. The second-order valence-electron chi connectivity index (χ2n) is 4.93. The molecule has 0 aliphatic heterocycles. The van der Waals surface area contributed by atoms with E-state index in [9.17, 15) is 0 Å². The van der Waals surface area contributed by atoms with E-state index in [0.717, 1.165) is 12.4 Å². The molecule has 19 heavy (non-hydrogen) atoms. The lowest BCUT2D eigenvalue weighted by Gasteiger charge is -2.24. The lowest BCUT2D eigenvalue weighted by atomic mass is 10.2. The fraction of sp³-hybridized carbons (Fsp3) is 0.267. The summed E-state index contributed by atoms with van der Waals surface area (Å²) in [5, 5.41) is 0.453. The summed E-state index contributed by atoms with van der Waals surface area (Å²) in [6, 6.07) is 14.5. The second kappa shape index (κ2) is 5.10. The molecule has 0 radical (unpaired) electrons. The predicted molar refractivity (Wildman–Crippen MR) is 79.3 cm³/mol. The molecule has 2 N–H and O–H groups in total. The Morgan fingerprint density at radius 3 is 2.58 bits per heavy atom. The number of pyridine rings is 1. The van der Waals surface area contributed by atoms with Crippen molar-refractivity contribution in [1.82, 2.24) is 4.98 Å². The van der Waals surface area contributed by atoms with Crippen LogP contribution in [0.5, 0.6) is 0 Å². The summed E-state index contributed by atoms with van der Waals surface area (Å²) < 4.78 is 0. The molecule has 3 nitrogen and oxygen atoms in total. The Hall–Kier alpha value is -1.74. The first-order valence-electron chi connectivity index (χ1n) is 6.46. The van der Waals surface area contributed by atoms with Crippen molar-refractivity contribution in [3.05, 3.63) is 53.2 Å².